The number of aliphatic carboxylic acids is 1. The molecular formula is C76H95ClN10O25. The van der Waals surface area contributed by atoms with E-state index in [9.17, 15) is 69.9 Å². The van der Waals surface area contributed by atoms with E-state index in [1.807, 2.05) is 13.8 Å². The molecule has 0 unspecified atom stereocenters. The summed E-state index contributed by atoms with van der Waals surface area (Å²) in [5.41, 5.74) is 8.41. The summed E-state index contributed by atoms with van der Waals surface area (Å²) in [4.78, 5) is 132. The minimum absolute atomic E-state index is 0.0354. The molecular weight excluding hydrogens is 1490 g/mol. The highest BCUT2D eigenvalue weighted by molar-refractivity contribution is 6.32. The Morgan fingerprint density at radius 1 is 0.723 bits per heavy atom. The van der Waals surface area contributed by atoms with Crippen molar-refractivity contribution in [3.05, 3.63) is 117 Å². The third-order valence-electron chi connectivity index (χ3n) is 20.0. The maximum Gasteiger partial charge on any atom is 0.412 e. The van der Waals surface area contributed by atoms with Crippen molar-refractivity contribution in [2.24, 2.45) is 17.4 Å². The maximum absolute atomic E-state index is 16.2. The first-order valence-corrected chi connectivity index (χ1v) is 37.0. The van der Waals surface area contributed by atoms with Crippen LogP contribution in [0.4, 0.5) is 4.79 Å². The molecule has 12 rings (SSSR count). The number of aryl methyl sites for hydroxylation is 1. The number of aromatic hydroxyl groups is 2. The molecule has 11 bridgehead atoms. The van der Waals surface area contributed by atoms with E-state index in [-0.39, 0.29) is 59.1 Å². The van der Waals surface area contributed by atoms with Crippen molar-refractivity contribution in [2.45, 2.75) is 209 Å². The van der Waals surface area contributed by atoms with E-state index in [4.69, 9.17) is 56.2 Å². The number of unbranched alkanes of at least 4 members (excludes halogenated alkanes) is 5. The standard InChI is InChI=1S/C76H95ClN10O25/c1-8-9-10-11-12-13-20-81-75(105)107-39-27-41-54(46(90)28-39)40-23-35(14-17-45(40)89)55-69(99)87-59(72(102)85-57(41)73(103)104)61(93)37-16-19-48(42(77)24-37)109-50-26-38-25-49(64(50)112-74-65(63(95)62(94)51(31-88)110-74)111-53-30-76(6,79)66(96)34(5)106-53)108-47-18-15-36(22-33(47)4)60(92)58(86-67(97)43(80-7)21-32(2)3)71(101)82-44(29-52(78)91)68(98)83-56(38)70(100)84-55/h14-19,22-28,32,34,43-44,51,53,55-63,65-66,74,80,88-90,92-96H,8-13,20-21,29-31,79H2,1-7H3,(H2,78,91)(H,81,105)(H,82,101)(H,83,98)(H,84,100)(H,85,102)(H,86,97)(H,87,99)(H,103,104)/t34-,43+,44-,51+,53-,55+,56+,57-,58+,59-,60+,61+,62+,63-,65+,66+,74-,76-/m0/s1. The average molecular weight is 1580 g/mol. The van der Waals surface area contributed by atoms with Crippen LogP contribution in [0.25, 0.3) is 11.1 Å². The molecule has 5 aromatic rings. The Hall–Kier alpha value is -10.0. The molecule has 0 spiro atoms. The number of aliphatic hydroxyl groups excluding tert-OH is 6. The summed E-state index contributed by atoms with van der Waals surface area (Å²) < 4.78 is 44.3. The monoisotopic (exact) mass is 1580 g/mol. The van der Waals surface area contributed by atoms with E-state index in [2.05, 4.69) is 49.5 Å². The van der Waals surface area contributed by atoms with Crippen LogP contribution in [0.3, 0.4) is 0 Å². The number of phenols is 2. The summed E-state index contributed by atoms with van der Waals surface area (Å²) in [6.07, 6.45) is -14.1. The zero-order chi connectivity index (χ0) is 81.5. The second-order valence-corrected chi connectivity index (χ2v) is 29.5. The molecule has 0 radical (unpaired) electrons. The molecule has 7 heterocycles. The number of halogens is 1. The molecule has 112 heavy (non-hydrogen) atoms. The second-order valence-electron chi connectivity index (χ2n) is 29.1. The molecule has 0 saturated carbocycles. The zero-order valence-electron chi connectivity index (χ0n) is 62.3. The zero-order valence-corrected chi connectivity index (χ0v) is 63.0. The predicted molar refractivity (Wildman–Crippen MR) is 395 cm³/mol. The minimum atomic E-state index is -2.34. The van der Waals surface area contributed by atoms with E-state index in [1.54, 1.807) is 0 Å². The number of phenolic OH excluding ortho intramolecular Hbond substituents is 2. The highest BCUT2D eigenvalue weighted by Crippen LogP contribution is 2.50. The van der Waals surface area contributed by atoms with Gasteiger partial charge in [0.15, 0.2) is 29.9 Å². The second kappa shape index (κ2) is 36.2. The number of nitrogens with two attached hydrogens (primary N) is 2. The van der Waals surface area contributed by atoms with Crippen LogP contribution in [0.5, 0.6) is 46.0 Å². The Balaban J connectivity index is 1.20. The Bertz CT molecular complexity index is 4360. The number of hydrogen-bond acceptors (Lipinski definition) is 26. The highest BCUT2D eigenvalue weighted by Gasteiger charge is 2.52. The predicted octanol–water partition coefficient (Wildman–Crippen LogP) is 2.50. The molecule has 7 aliphatic rings. The van der Waals surface area contributed by atoms with Crippen LogP contribution >= 0.6 is 11.6 Å². The molecule has 5 aromatic carbocycles. The normalized spacial score (nSPS) is 27.6. The summed E-state index contributed by atoms with van der Waals surface area (Å²) in [6.45, 7) is 9.46. The molecule has 21 N–H and O–H groups in total. The molecule has 2 saturated heterocycles. The third kappa shape index (κ3) is 19.4. The number of nitrogens with one attached hydrogen (secondary N) is 8. The fraction of sp³-hybridized carbons (Fsp3) is 0.487. The lowest BCUT2D eigenvalue weighted by molar-refractivity contribution is -0.333. The fourth-order valence-electron chi connectivity index (χ4n) is 14.0. The quantitative estimate of drug-likeness (QED) is 0.0469. The van der Waals surface area contributed by atoms with Crippen molar-refractivity contribution in [3.8, 4) is 57.1 Å². The van der Waals surface area contributed by atoms with Crippen LogP contribution in [-0.2, 0) is 52.6 Å². The maximum atomic E-state index is 16.2. The van der Waals surface area contributed by atoms with Crippen molar-refractivity contribution in [1.82, 2.24) is 42.5 Å². The van der Waals surface area contributed by atoms with Crippen LogP contribution in [0.1, 0.15) is 156 Å². The number of hydrogen-bond donors (Lipinski definition) is 19. The third-order valence-corrected chi connectivity index (χ3v) is 20.3. The van der Waals surface area contributed by atoms with Gasteiger partial charge in [-0.3, -0.25) is 33.6 Å². The number of aliphatic hydroxyl groups is 6. The smallest absolute Gasteiger partial charge is 0.412 e. The van der Waals surface area contributed by atoms with E-state index in [0.29, 0.717) is 6.42 Å². The van der Waals surface area contributed by atoms with E-state index < -0.39 is 237 Å². The summed E-state index contributed by atoms with van der Waals surface area (Å²) in [5.74, 6) is -15.2. The number of likely N-dealkylation sites (N-methyl/N-ethyl adjacent to an activating group) is 1. The van der Waals surface area contributed by atoms with Gasteiger partial charge in [-0.2, -0.15) is 0 Å². The lowest BCUT2D eigenvalue weighted by Gasteiger charge is -2.47. The van der Waals surface area contributed by atoms with Gasteiger partial charge in [0.25, 0.3) is 0 Å². The Labute approximate surface area is 647 Å². The summed E-state index contributed by atoms with van der Waals surface area (Å²) in [7, 11) is 1.49. The largest absolute Gasteiger partial charge is 0.507 e. The van der Waals surface area contributed by atoms with Crippen molar-refractivity contribution >= 4 is 65.0 Å². The van der Waals surface area contributed by atoms with Crippen molar-refractivity contribution in [2.75, 3.05) is 20.2 Å². The van der Waals surface area contributed by atoms with Crippen LogP contribution < -0.4 is 72.9 Å². The molecule has 35 nitrogen and oxygen atoms in total. The van der Waals surface area contributed by atoms with Crippen molar-refractivity contribution in [1.29, 1.82) is 0 Å². The van der Waals surface area contributed by atoms with E-state index in [0.717, 1.165) is 92.8 Å². The first-order chi connectivity index (χ1) is 53.1. The number of fused-ring (bicyclic) bond motifs is 15. The van der Waals surface area contributed by atoms with Gasteiger partial charge in [0.2, 0.25) is 53.4 Å². The Morgan fingerprint density at radius 2 is 1.37 bits per heavy atom. The number of carboxylic acids is 1. The van der Waals surface area contributed by atoms with Crippen molar-refractivity contribution < 1.29 is 122 Å². The van der Waals surface area contributed by atoms with E-state index >= 15 is 19.2 Å². The summed E-state index contributed by atoms with van der Waals surface area (Å²) >= 11 is 7.14. The molecule has 0 aliphatic carbocycles. The molecule has 2 fully saturated rings. The number of primary amides is 1. The first kappa shape index (κ1) is 84.4. The van der Waals surface area contributed by atoms with Gasteiger partial charge in [-0.05, 0) is 129 Å². The topological polar surface area (TPSA) is 549 Å². The van der Waals surface area contributed by atoms with E-state index in [1.165, 1.54) is 46.0 Å². The minimum Gasteiger partial charge on any atom is -0.507 e. The van der Waals surface area contributed by atoms with Gasteiger partial charge in [0.1, 0.15) is 89.5 Å². The average Bonchev–Trinajstić information content (AvgIpc) is 0.764. The lowest BCUT2D eigenvalue weighted by Crippen LogP contribution is -2.64. The molecule has 7 aliphatic heterocycles. The van der Waals surface area contributed by atoms with Gasteiger partial charge in [-0.1, -0.05) is 82.7 Å². The van der Waals surface area contributed by atoms with Gasteiger partial charge in [-0.25, -0.2) is 9.59 Å². The summed E-state index contributed by atoms with van der Waals surface area (Å²) in [6, 6.07) is 0.240. The number of ether oxygens (including phenoxy) is 7. The molecule has 0 aromatic heterocycles. The number of rotatable bonds is 21. The van der Waals surface area contributed by atoms with Gasteiger partial charge < -0.3 is 133 Å². The summed E-state index contributed by atoms with van der Waals surface area (Å²) in [5, 5.41) is 125. The van der Waals surface area contributed by atoms with Gasteiger partial charge in [-0.15, -0.1) is 0 Å². The van der Waals surface area contributed by atoms with Gasteiger partial charge in [0.05, 0.1) is 36.3 Å². The van der Waals surface area contributed by atoms with Crippen LogP contribution in [0.2, 0.25) is 5.02 Å². The fourth-order valence-corrected chi connectivity index (χ4v) is 14.2. The van der Waals surface area contributed by atoms with Crippen LogP contribution in [-0.4, -0.2) is 198 Å². The number of carboxylic acid groups (broad SMARTS) is 1. The van der Waals surface area contributed by atoms with Crippen LogP contribution in [0, 0.1) is 12.8 Å². The Morgan fingerprint density at radius 3 is 2.01 bits per heavy atom. The SMILES string of the molecule is CCCCCCCCNC(=O)Oc1cc(O)c2c(c1)[C@@H](C(=O)O)NC(=O)[C@H]1NC(=O)[C@H](NC(=O)[C@@H]3NC(=O)[C@H](CC(N)=O)NC(=O)[C@H](NC(=O)[C@@H](CC(C)C)NC)[C@H](O)c4ccc(c(C)c4)Oc4cc3cc(c4O[C@@H]3O[C@H](CO)[C@@H](O)[C@H](O)[C@H]3O[C@H]3C[C@](C)(N)[C@H](O)[C@H](C)O3)Oc3ccc(cc3Cl)[C@H]1O)c1ccc(O)c-2c1. The number of amides is 8. The molecule has 8 amide bonds. The first-order valence-electron chi connectivity index (χ1n) is 36.6. The highest BCUT2D eigenvalue weighted by atomic mass is 35.5. The Kier molecular flexibility index (Phi) is 27.3. The van der Waals surface area contributed by atoms with Crippen LogP contribution in [0.15, 0.2) is 78.9 Å². The molecule has 36 heteroatoms. The molecule has 606 valence electrons. The number of benzene rings is 5. The van der Waals surface area contributed by atoms with Gasteiger partial charge >= 0.3 is 12.1 Å². The van der Waals surface area contributed by atoms with Gasteiger partial charge in [0, 0.05) is 41.3 Å². The lowest BCUT2D eigenvalue weighted by atomic mass is 9.86. The molecule has 18 atom stereocenters. The van der Waals surface area contributed by atoms with Crippen molar-refractivity contribution in [3.63, 3.8) is 0 Å². The number of carbonyl (C=O) groups excluding carboxylic acids is 8. The number of carbonyl (C=O) groups is 9.